The molecule has 7 aromatic carbocycles. The normalized spacial score (nSPS) is 13.0. The first-order valence-corrected chi connectivity index (χ1v) is 18.3. The average Bonchev–Trinajstić information content (AvgIpc) is 3.62. The Morgan fingerprint density at radius 1 is 0.529 bits per heavy atom. The Morgan fingerprint density at radius 3 is 1.92 bits per heavy atom. The van der Waals surface area contributed by atoms with Gasteiger partial charge in [0.05, 0.1) is 11.0 Å². The Hall–Kier alpha value is -5.84. The lowest BCUT2D eigenvalue weighted by Crippen LogP contribution is -2.14. The van der Waals surface area contributed by atoms with Crippen molar-refractivity contribution in [2.75, 3.05) is 0 Å². The number of benzene rings is 6. The molecule has 0 spiro atoms. The van der Waals surface area contributed by atoms with Gasteiger partial charge in [-0.25, -0.2) is 0 Å². The summed E-state index contributed by atoms with van der Waals surface area (Å²) in [6.45, 7) is 4.75. The van der Waals surface area contributed by atoms with E-state index in [0.29, 0.717) is 5.92 Å². The molecule has 1 nitrogen and oxygen atoms in total. The number of rotatable bonds is 9. The van der Waals surface area contributed by atoms with E-state index in [0.717, 1.165) is 25.7 Å². The third kappa shape index (κ3) is 5.62. The summed E-state index contributed by atoms with van der Waals surface area (Å²) in [5.41, 5.74) is 16.0. The molecule has 1 heterocycles. The quantitative estimate of drug-likeness (QED) is 0.146. The molecule has 1 aliphatic carbocycles. The summed E-state index contributed by atoms with van der Waals surface area (Å²) in [7, 11) is 0. The summed E-state index contributed by atoms with van der Waals surface area (Å²) >= 11 is 0. The topological polar surface area (TPSA) is 4.93 Å². The van der Waals surface area contributed by atoms with Gasteiger partial charge in [0.1, 0.15) is 0 Å². The van der Waals surface area contributed by atoms with Crippen LogP contribution >= 0.6 is 0 Å². The molecule has 0 saturated carbocycles. The maximum atomic E-state index is 3.11. The van der Waals surface area contributed by atoms with Crippen molar-refractivity contribution in [3.63, 3.8) is 0 Å². The van der Waals surface area contributed by atoms with Gasteiger partial charge in [-0.15, -0.1) is 0 Å². The Kier molecular flexibility index (Phi) is 7.82. The fourth-order valence-electron chi connectivity index (χ4n) is 8.54. The minimum Gasteiger partial charge on any atom is -0.309 e. The third-order valence-electron chi connectivity index (χ3n) is 11.3. The van der Waals surface area contributed by atoms with E-state index in [2.05, 4.69) is 182 Å². The lowest BCUT2D eigenvalue weighted by molar-refractivity contribution is 0.661. The summed E-state index contributed by atoms with van der Waals surface area (Å²) in [5.74, 6) is 0.367. The fourth-order valence-corrected chi connectivity index (χ4v) is 8.54. The molecule has 0 N–H and O–H groups in total. The van der Waals surface area contributed by atoms with Crippen molar-refractivity contribution >= 4 is 21.8 Å². The van der Waals surface area contributed by atoms with Crippen LogP contribution in [0.15, 0.2) is 158 Å². The van der Waals surface area contributed by atoms with Crippen LogP contribution in [-0.4, -0.2) is 4.57 Å². The average molecular weight is 656 g/mol. The summed E-state index contributed by atoms with van der Waals surface area (Å²) in [5, 5.41) is 2.64. The van der Waals surface area contributed by atoms with Gasteiger partial charge in [0.2, 0.25) is 0 Å². The summed E-state index contributed by atoms with van der Waals surface area (Å²) in [6, 6.07) is 64.6. The van der Waals surface area contributed by atoms with Crippen LogP contribution in [0.3, 0.4) is 0 Å². The SMILES string of the molecule is CC1(C)c2ccccc2-c2cc3c4cc(CCc5cc#ccc5)ccc4n(-c4ccc(CCC(c5ccccc5)c5ccccc5)cc4)c3cc21. The summed E-state index contributed by atoms with van der Waals surface area (Å²) < 4.78 is 2.50. The minimum absolute atomic E-state index is 0.0609. The van der Waals surface area contributed by atoms with Crippen LogP contribution < -0.4 is 0 Å². The van der Waals surface area contributed by atoms with E-state index in [1.807, 2.05) is 6.07 Å². The van der Waals surface area contributed by atoms with Crippen LogP contribution in [0, 0.1) is 12.1 Å². The van der Waals surface area contributed by atoms with E-state index in [-0.39, 0.29) is 5.41 Å². The highest BCUT2D eigenvalue weighted by atomic mass is 15.0. The Morgan fingerprint density at radius 2 is 1.20 bits per heavy atom. The maximum absolute atomic E-state index is 3.11. The van der Waals surface area contributed by atoms with E-state index in [4.69, 9.17) is 0 Å². The first-order chi connectivity index (χ1) is 25.0. The second-order valence-electron chi connectivity index (χ2n) is 14.7. The molecule has 0 fully saturated rings. The van der Waals surface area contributed by atoms with Gasteiger partial charge in [0.25, 0.3) is 0 Å². The van der Waals surface area contributed by atoms with E-state index in [1.165, 1.54) is 77.6 Å². The third-order valence-corrected chi connectivity index (χ3v) is 11.3. The van der Waals surface area contributed by atoms with Crippen LogP contribution in [0.4, 0.5) is 0 Å². The molecule has 1 aliphatic rings. The second kappa shape index (κ2) is 12.8. The predicted molar refractivity (Wildman–Crippen MR) is 213 cm³/mol. The van der Waals surface area contributed by atoms with Gasteiger partial charge >= 0.3 is 0 Å². The van der Waals surface area contributed by atoms with Crippen molar-refractivity contribution < 1.29 is 0 Å². The molecular formula is C50H41N. The van der Waals surface area contributed by atoms with Crippen molar-refractivity contribution in [1.82, 2.24) is 4.57 Å². The fraction of sp³-hybridized carbons (Fsp3) is 0.160. The van der Waals surface area contributed by atoms with E-state index >= 15 is 0 Å². The Labute approximate surface area is 301 Å². The van der Waals surface area contributed by atoms with Gasteiger partial charge in [-0.1, -0.05) is 129 Å². The minimum atomic E-state index is -0.0609. The predicted octanol–water partition coefficient (Wildman–Crippen LogP) is 12.2. The molecule has 0 radical (unpaired) electrons. The second-order valence-corrected chi connectivity index (χ2v) is 14.7. The van der Waals surface area contributed by atoms with Crippen LogP contribution in [0.5, 0.6) is 0 Å². The molecule has 51 heavy (non-hydrogen) atoms. The zero-order valence-electron chi connectivity index (χ0n) is 29.4. The molecule has 0 saturated heterocycles. The van der Waals surface area contributed by atoms with Crippen molar-refractivity contribution in [2.24, 2.45) is 0 Å². The molecule has 0 amide bonds. The lowest BCUT2D eigenvalue weighted by Gasteiger charge is -2.21. The maximum Gasteiger partial charge on any atom is 0.0544 e. The van der Waals surface area contributed by atoms with E-state index in [1.54, 1.807) is 0 Å². The lowest BCUT2D eigenvalue weighted by atomic mass is 9.82. The molecule has 8 aromatic rings. The first-order valence-electron chi connectivity index (χ1n) is 18.3. The number of hydrogen-bond donors (Lipinski definition) is 0. The highest BCUT2D eigenvalue weighted by Gasteiger charge is 2.36. The number of fused-ring (bicyclic) bond motifs is 6. The van der Waals surface area contributed by atoms with Crippen LogP contribution in [0.1, 0.15) is 65.1 Å². The Bertz CT molecular complexity index is 2430. The van der Waals surface area contributed by atoms with Gasteiger partial charge in [-0.05, 0) is 130 Å². The number of nitrogens with zero attached hydrogens (tertiary/aromatic N) is 1. The number of hydrogen-bond acceptors (Lipinski definition) is 0. The highest BCUT2D eigenvalue weighted by molar-refractivity contribution is 6.11. The standard InChI is InChI=1S/C50H41N/c1-50(2)46-21-13-12-20-42(46)43-33-45-44-32-37(23-22-35-14-6-3-7-15-35)27-31-48(44)51(49(45)34-47(43)50)40-28-24-36(25-29-40)26-30-41(38-16-8-4-9-17-38)39-18-10-5-11-19-39/h4-6,8-21,24-25,27-29,31-34,41H,22-23,26,30H2,1-2H3. The van der Waals surface area contributed by atoms with E-state index in [9.17, 15) is 0 Å². The van der Waals surface area contributed by atoms with Gasteiger partial charge in [-0.2, -0.15) is 0 Å². The van der Waals surface area contributed by atoms with Gasteiger partial charge in [0.15, 0.2) is 0 Å². The van der Waals surface area contributed by atoms with Crippen molar-refractivity contribution in [3.05, 3.63) is 209 Å². The smallest absolute Gasteiger partial charge is 0.0544 e. The summed E-state index contributed by atoms with van der Waals surface area (Å²) in [4.78, 5) is 0. The molecule has 1 heteroatoms. The van der Waals surface area contributed by atoms with E-state index < -0.39 is 0 Å². The largest absolute Gasteiger partial charge is 0.309 e. The first kappa shape index (κ1) is 31.2. The molecule has 246 valence electrons. The van der Waals surface area contributed by atoms with Crippen molar-refractivity contribution in [1.29, 1.82) is 0 Å². The van der Waals surface area contributed by atoms with Gasteiger partial charge in [0, 0.05) is 27.8 Å². The molecule has 0 atom stereocenters. The van der Waals surface area contributed by atoms with Crippen molar-refractivity contribution in [2.45, 2.75) is 50.9 Å². The number of aromatic nitrogens is 1. The zero-order valence-corrected chi connectivity index (χ0v) is 29.4. The van der Waals surface area contributed by atoms with Crippen LogP contribution in [0.25, 0.3) is 38.6 Å². The van der Waals surface area contributed by atoms with Crippen molar-refractivity contribution in [3.8, 4) is 16.8 Å². The molecule has 1 aromatic heterocycles. The molecule has 0 bridgehead atoms. The highest BCUT2D eigenvalue weighted by Crippen LogP contribution is 2.51. The van der Waals surface area contributed by atoms with Crippen LogP contribution in [-0.2, 0) is 24.7 Å². The Balaban J connectivity index is 1.10. The number of aryl methyl sites for hydroxylation is 3. The monoisotopic (exact) mass is 655 g/mol. The molecule has 9 rings (SSSR count). The van der Waals surface area contributed by atoms with Crippen LogP contribution in [0.2, 0.25) is 0 Å². The molecule has 0 unspecified atom stereocenters. The van der Waals surface area contributed by atoms with Gasteiger partial charge in [-0.3, -0.25) is 0 Å². The zero-order chi connectivity index (χ0) is 34.4. The molecular weight excluding hydrogens is 615 g/mol. The van der Waals surface area contributed by atoms with Gasteiger partial charge < -0.3 is 4.57 Å². The molecule has 0 aliphatic heterocycles. The summed E-state index contributed by atoms with van der Waals surface area (Å²) in [6.07, 6.45) is 4.06.